The van der Waals surface area contributed by atoms with Gasteiger partial charge >= 0.3 is 12.1 Å². The molecule has 0 saturated carbocycles. The van der Waals surface area contributed by atoms with Crippen LogP contribution < -0.4 is 15.4 Å². The van der Waals surface area contributed by atoms with Crippen LogP contribution in [0.3, 0.4) is 0 Å². The molecule has 0 heterocycles. The van der Waals surface area contributed by atoms with Gasteiger partial charge < -0.3 is 10.1 Å². The molecule has 0 atom stereocenters. The molecule has 9 heteroatoms. The van der Waals surface area contributed by atoms with E-state index in [4.69, 9.17) is 4.74 Å². The number of urea groups is 2. The first-order chi connectivity index (χ1) is 9.65. The molecule has 8 nitrogen and oxygen atoms in total. The summed E-state index contributed by atoms with van der Waals surface area (Å²) >= 11 is 0. The molecule has 0 aliphatic carbocycles. The minimum absolute atomic E-state index is 0.438. The molecule has 4 amide bonds. The van der Waals surface area contributed by atoms with Crippen molar-refractivity contribution in [3.8, 4) is 5.75 Å². The van der Waals surface area contributed by atoms with E-state index in [2.05, 4.69) is 5.32 Å². The Hall–Kier alpha value is -2.29. The molecular weight excluding hydrogens is 298 g/mol. The highest BCUT2D eigenvalue weighted by Gasteiger charge is 2.20. The van der Waals surface area contributed by atoms with Crippen LogP contribution in [0.1, 0.15) is 5.56 Å². The molecule has 2 N–H and O–H groups in total. The van der Waals surface area contributed by atoms with E-state index in [9.17, 15) is 18.0 Å². The lowest BCUT2D eigenvalue weighted by atomic mass is 10.2. The fourth-order valence-electron chi connectivity index (χ4n) is 1.38. The number of rotatable bonds is 3. The van der Waals surface area contributed by atoms with Crippen LogP contribution in [0.5, 0.6) is 5.75 Å². The zero-order chi connectivity index (χ0) is 16.2. The van der Waals surface area contributed by atoms with E-state index in [1.807, 2.05) is 5.32 Å². The monoisotopic (exact) mass is 315 g/mol. The Morgan fingerprint density at radius 1 is 1.29 bits per heavy atom. The van der Waals surface area contributed by atoms with Gasteiger partial charge in [-0.3, -0.25) is 5.32 Å². The van der Waals surface area contributed by atoms with E-state index in [0.29, 0.717) is 15.7 Å². The summed E-state index contributed by atoms with van der Waals surface area (Å²) < 4.78 is 27.8. The number of nitrogens with zero attached hydrogens (tertiary/aromatic N) is 1. The van der Waals surface area contributed by atoms with Crippen LogP contribution in [0.15, 0.2) is 18.2 Å². The average molecular weight is 315 g/mol. The maximum atomic E-state index is 11.7. The molecule has 0 radical (unpaired) electrons. The van der Waals surface area contributed by atoms with Crippen molar-refractivity contribution in [3.05, 3.63) is 23.8 Å². The highest BCUT2D eigenvalue weighted by molar-refractivity contribution is 7.88. The normalized spacial score (nSPS) is 10.7. The Kier molecular flexibility index (Phi) is 5.14. The van der Waals surface area contributed by atoms with Crippen molar-refractivity contribution in [2.45, 2.75) is 6.92 Å². The van der Waals surface area contributed by atoms with E-state index >= 15 is 0 Å². The first kappa shape index (κ1) is 16.8. The molecule has 0 saturated heterocycles. The number of hydrogen-bond donors (Lipinski definition) is 2. The lowest BCUT2D eigenvalue weighted by molar-refractivity contribution is 0.223. The van der Waals surface area contributed by atoms with Crippen molar-refractivity contribution in [2.75, 3.05) is 25.7 Å². The van der Waals surface area contributed by atoms with Crippen LogP contribution in [0.25, 0.3) is 0 Å². The standard InChI is InChI=1S/C12H17N3O5S/c1-8-7-9(20-3)5-6-10(8)13-11(16)14-12(17)15(2)21(4,18)19/h5-7H,1-4H3,(H2,13,14,16,17). The van der Waals surface area contributed by atoms with Gasteiger partial charge in [-0.1, -0.05) is 0 Å². The zero-order valence-corrected chi connectivity index (χ0v) is 12.9. The maximum absolute atomic E-state index is 11.7. The molecule has 1 aromatic carbocycles. The van der Waals surface area contributed by atoms with Crippen molar-refractivity contribution >= 4 is 27.8 Å². The third kappa shape index (κ3) is 4.63. The molecule has 0 aliphatic rings. The molecular formula is C12H17N3O5S. The zero-order valence-electron chi connectivity index (χ0n) is 12.1. The number of benzene rings is 1. The van der Waals surface area contributed by atoms with Crippen LogP contribution in [0, 0.1) is 6.92 Å². The predicted octanol–water partition coefficient (Wildman–Crippen LogP) is 1.14. The van der Waals surface area contributed by atoms with E-state index in [1.165, 1.54) is 7.11 Å². The van der Waals surface area contributed by atoms with Crippen molar-refractivity contribution < 1.29 is 22.7 Å². The van der Waals surface area contributed by atoms with Crippen LogP contribution in [0.2, 0.25) is 0 Å². The van der Waals surface area contributed by atoms with Gasteiger partial charge in [-0.05, 0) is 30.7 Å². The SMILES string of the molecule is COc1ccc(NC(=O)NC(=O)N(C)S(C)(=O)=O)c(C)c1. The Morgan fingerprint density at radius 2 is 1.90 bits per heavy atom. The smallest absolute Gasteiger partial charge is 0.338 e. The number of methoxy groups -OCH3 is 1. The minimum Gasteiger partial charge on any atom is -0.497 e. The van der Waals surface area contributed by atoms with E-state index in [1.54, 1.807) is 25.1 Å². The molecule has 0 spiro atoms. The quantitative estimate of drug-likeness (QED) is 0.870. The van der Waals surface area contributed by atoms with Crippen LogP contribution in [-0.2, 0) is 10.0 Å². The van der Waals surface area contributed by atoms with Gasteiger partial charge in [-0.2, -0.15) is 0 Å². The van der Waals surface area contributed by atoms with Gasteiger partial charge in [0.15, 0.2) is 0 Å². The van der Waals surface area contributed by atoms with Gasteiger partial charge in [-0.25, -0.2) is 22.3 Å². The lowest BCUT2D eigenvalue weighted by Gasteiger charge is -2.15. The molecule has 0 bridgehead atoms. The lowest BCUT2D eigenvalue weighted by Crippen LogP contribution is -2.44. The van der Waals surface area contributed by atoms with Crippen LogP contribution in [-0.4, -0.2) is 45.2 Å². The van der Waals surface area contributed by atoms with Crippen LogP contribution in [0.4, 0.5) is 15.3 Å². The number of imide groups is 1. The molecule has 0 aliphatic heterocycles. The fraction of sp³-hybridized carbons (Fsp3) is 0.333. The largest absolute Gasteiger partial charge is 0.497 e. The molecule has 1 rings (SSSR count). The van der Waals surface area contributed by atoms with E-state index in [-0.39, 0.29) is 0 Å². The fourth-order valence-corrected chi connectivity index (χ4v) is 1.73. The highest BCUT2D eigenvalue weighted by Crippen LogP contribution is 2.20. The molecule has 0 unspecified atom stereocenters. The first-order valence-electron chi connectivity index (χ1n) is 5.85. The Labute approximate surface area is 123 Å². The molecule has 0 fully saturated rings. The maximum Gasteiger partial charge on any atom is 0.338 e. The third-order valence-electron chi connectivity index (χ3n) is 2.69. The minimum atomic E-state index is -3.71. The molecule has 116 valence electrons. The van der Waals surface area contributed by atoms with E-state index in [0.717, 1.165) is 18.9 Å². The Balaban J connectivity index is 2.72. The van der Waals surface area contributed by atoms with Crippen molar-refractivity contribution in [1.29, 1.82) is 0 Å². The van der Waals surface area contributed by atoms with Crippen molar-refractivity contribution in [3.63, 3.8) is 0 Å². The number of aryl methyl sites for hydroxylation is 1. The summed E-state index contributed by atoms with van der Waals surface area (Å²) in [7, 11) is -1.14. The number of carbonyl (C=O) groups is 2. The number of hydrogen-bond acceptors (Lipinski definition) is 5. The summed E-state index contributed by atoms with van der Waals surface area (Å²) in [5.74, 6) is 0.631. The average Bonchev–Trinajstić information content (AvgIpc) is 2.38. The second-order valence-electron chi connectivity index (χ2n) is 4.30. The Bertz CT molecular complexity index is 657. The van der Waals surface area contributed by atoms with Gasteiger partial charge in [0.1, 0.15) is 5.75 Å². The number of ether oxygens (including phenoxy) is 1. The second kappa shape index (κ2) is 6.44. The molecule has 1 aromatic rings. The van der Waals surface area contributed by atoms with Gasteiger partial charge in [0.2, 0.25) is 10.0 Å². The van der Waals surface area contributed by atoms with Gasteiger partial charge in [0.25, 0.3) is 0 Å². The van der Waals surface area contributed by atoms with E-state index < -0.39 is 22.1 Å². The summed E-state index contributed by atoms with van der Waals surface area (Å²) in [4.78, 5) is 23.2. The molecule has 0 aromatic heterocycles. The Morgan fingerprint density at radius 3 is 2.38 bits per heavy atom. The summed E-state index contributed by atoms with van der Waals surface area (Å²) in [5, 5.41) is 4.37. The number of nitrogens with one attached hydrogen (secondary N) is 2. The summed E-state index contributed by atoms with van der Waals surface area (Å²) in [5.41, 5.74) is 1.21. The summed E-state index contributed by atoms with van der Waals surface area (Å²) in [6, 6.07) is 3.09. The predicted molar refractivity (Wildman–Crippen MR) is 77.9 cm³/mol. The van der Waals surface area contributed by atoms with Gasteiger partial charge in [0, 0.05) is 12.7 Å². The molecule has 21 heavy (non-hydrogen) atoms. The number of sulfonamides is 1. The van der Waals surface area contributed by atoms with Crippen molar-refractivity contribution in [2.24, 2.45) is 0 Å². The second-order valence-corrected chi connectivity index (χ2v) is 6.31. The van der Waals surface area contributed by atoms with Crippen molar-refractivity contribution in [1.82, 2.24) is 9.62 Å². The topological polar surface area (TPSA) is 105 Å². The van der Waals surface area contributed by atoms with Gasteiger partial charge in [-0.15, -0.1) is 0 Å². The number of amides is 4. The third-order valence-corrected chi connectivity index (χ3v) is 3.85. The number of carbonyl (C=O) groups excluding carboxylic acids is 2. The number of anilines is 1. The first-order valence-corrected chi connectivity index (χ1v) is 7.70. The van der Waals surface area contributed by atoms with Crippen LogP contribution >= 0.6 is 0 Å². The highest BCUT2D eigenvalue weighted by atomic mass is 32.2. The van der Waals surface area contributed by atoms with Gasteiger partial charge in [0.05, 0.1) is 13.4 Å². The summed E-state index contributed by atoms with van der Waals surface area (Å²) in [6.07, 6.45) is 0.859. The summed E-state index contributed by atoms with van der Waals surface area (Å²) in [6.45, 7) is 1.75.